The molecule has 35 heavy (non-hydrogen) atoms. The zero-order chi connectivity index (χ0) is 24.0. The van der Waals surface area contributed by atoms with Gasteiger partial charge in [0.15, 0.2) is 0 Å². The van der Waals surface area contributed by atoms with Gasteiger partial charge >= 0.3 is 0 Å². The summed E-state index contributed by atoms with van der Waals surface area (Å²) in [7, 11) is -5.84. The summed E-state index contributed by atoms with van der Waals surface area (Å²) < 4.78 is 7.87. The van der Waals surface area contributed by atoms with Gasteiger partial charge in [0.2, 0.25) is 0 Å². The van der Waals surface area contributed by atoms with E-state index in [1.807, 2.05) is 0 Å². The van der Waals surface area contributed by atoms with E-state index in [4.69, 9.17) is 4.12 Å². The molecule has 5 rings (SSSR count). The summed E-state index contributed by atoms with van der Waals surface area (Å²) in [5.74, 6) is 0. The Hall–Kier alpha value is -3.77. The highest BCUT2D eigenvalue weighted by molar-refractivity contribution is 7.15. The second-order valence-electron chi connectivity index (χ2n) is 8.55. The predicted octanol–water partition coefficient (Wildman–Crippen LogP) is 4.16. The maximum Gasteiger partial charge on any atom is 0.278 e. The fourth-order valence-electron chi connectivity index (χ4n) is 4.87. The topological polar surface area (TPSA) is 9.23 Å². The lowest BCUT2D eigenvalue weighted by Gasteiger charge is -2.42. The Labute approximate surface area is 210 Å². The number of rotatable bonds is 8. The standard InChI is InChI=1S/C32H28OSi2/c1-2-34(28-18-8-3-9-19-28,29-20-10-4-11-21-29)33-35(30-22-12-5-13-23-30,31-24-14-6-15-25-31)32-26-16-7-17-27-32/h2-27H,1H2. The van der Waals surface area contributed by atoms with Crippen LogP contribution in [0.25, 0.3) is 0 Å². The van der Waals surface area contributed by atoms with Crippen LogP contribution in [0.15, 0.2) is 164 Å². The minimum atomic E-state index is -2.96. The molecular weight excluding hydrogens is 457 g/mol. The Morgan fingerprint density at radius 1 is 0.400 bits per heavy atom. The molecule has 3 heteroatoms. The Bertz CT molecular complexity index is 1220. The zero-order valence-corrected chi connectivity index (χ0v) is 21.6. The highest BCUT2D eigenvalue weighted by atomic mass is 28.4. The van der Waals surface area contributed by atoms with Gasteiger partial charge in [-0.05, 0) is 25.9 Å². The van der Waals surface area contributed by atoms with Crippen LogP contribution in [0.2, 0.25) is 0 Å². The molecule has 0 aliphatic heterocycles. The Kier molecular flexibility index (Phi) is 6.73. The summed E-state index contributed by atoms with van der Waals surface area (Å²) in [5.41, 5.74) is 2.11. The van der Waals surface area contributed by atoms with E-state index in [0.29, 0.717) is 0 Å². The molecule has 5 aromatic carbocycles. The first-order valence-corrected chi connectivity index (χ1v) is 15.8. The van der Waals surface area contributed by atoms with Gasteiger partial charge in [-0.15, -0.1) is 6.58 Å². The average Bonchev–Trinajstić information content (AvgIpc) is 2.96. The molecule has 0 aromatic heterocycles. The first kappa shape index (κ1) is 23.0. The van der Waals surface area contributed by atoms with E-state index < -0.39 is 16.6 Å². The summed E-state index contributed by atoms with van der Waals surface area (Å²) in [4.78, 5) is 0. The molecule has 0 unspecified atom stereocenters. The molecule has 0 fully saturated rings. The van der Waals surface area contributed by atoms with Crippen molar-refractivity contribution >= 4 is 42.6 Å². The molecule has 170 valence electrons. The molecule has 0 atom stereocenters. The van der Waals surface area contributed by atoms with Crippen LogP contribution in [0.5, 0.6) is 0 Å². The van der Waals surface area contributed by atoms with Crippen molar-refractivity contribution in [1.82, 2.24) is 0 Å². The highest BCUT2D eigenvalue weighted by Gasteiger charge is 2.50. The molecule has 0 spiro atoms. The van der Waals surface area contributed by atoms with E-state index in [2.05, 4.69) is 164 Å². The van der Waals surface area contributed by atoms with Crippen molar-refractivity contribution in [3.05, 3.63) is 164 Å². The van der Waals surface area contributed by atoms with Crippen molar-refractivity contribution in [2.75, 3.05) is 0 Å². The van der Waals surface area contributed by atoms with Crippen molar-refractivity contribution in [3.63, 3.8) is 0 Å². The molecule has 0 N–H and O–H groups in total. The first-order valence-electron chi connectivity index (χ1n) is 11.9. The summed E-state index contributed by atoms with van der Waals surface area (Å²) in [6.45, 7) is 4.41. The van der Waals surface area contributed by atoms with Crippen molar-refractivity contribution in [2.45, 2.75) is 0 Å². The third kappa shape index (κ3) is 4.26. The molecular formula is C32H28OSi2. The highest BCUT2D eigenvalue weighted by Crippen LogP contribution is 2.19. The van der Waals surface area contributed by atoms with Crippen LogP contribution in [0.3, 0.4) is 0 Å². The molecule has 0 saturated carbocycles. The van der Waals surface area contributed by atoms with Gasteiger partial charge in [-0.25, -0.2) is 0 Å². The zero-order valence-electron chi connectivity index (χ0n) is 19.6. The minimum Gasteiger partial charge on any atom is -0.436 e. The van der Waals surface area contributed by atoms with Gasteiger partial charge < -0.3 is 4.12 Å². The molecule has 0 aliphatic carbocycles. The molecule has 1 nitrogen and oxygen atoms in total. The lowest BCUT2D eigenvalue weighted by molar-refractivity contribution is 0.599. The summed E-state index contributed by atoms with van der Waals surface area (Å²) in [6, 6.07) is 53.6. The summed E-state index contributed by atoms with van der Waals surface area (Å²) in [5, 5.41) is 6.07. The number of benzene rings is 5. The second-order valence-corrected chi connectivity index (χ2v) is 15.5. The second kappa shape index (κ2) is 10.2. The van der Waals surface area contributed by atoms with Crippen LogP contribution in [0.1, 0.15) is 0 Å². The van der Waals surface area contributed by atoms with Gasteiger partial charge in [0.05, 0.1) is 0 Å². The van der Waals surface area contributed by atoms with Gasteiger partial charge in [0, 0.05) is 0 Å². The fourth-order valence-corrected chi connectivity index (χ4v) is 14.7. The third-order valence-corrected chi connectivity index (χ3v) is 15.5. The third-order valence-electron chi connectivity index (χ3n) is 6.55. The Balaban J connectivity index is 1.87. The minimum absolute atomic E-state index is 1.20. The SMILES string of the molecule is C=C[Si](O[Si](c1ccccc1)(c1ccccc1)c1ccccc1)(c1ccccc1)c1ccccc1. The summed E-state index contributed by atoms with van der Waals surface area (Å²) in [6.07, 6.45) is 0. The van der Waals surface area contributed by atoms with Crippen molar-refractivity contribution in [1.29, 1.82) is 0 Å². The molecule has 0 aliphatic rings. The van der Waals surface area contributed by atoms with Crippen molar-refractivity contribution in [2.24, 2.45) is 0 Å². The monoisotopic (exact) mass is 484 g/mol. The maximum absolute atomic E-state index is 7.87. The average molecular weight is 485 g/mol. The normalized spacial score (nSPS) is 11.7. The molecule has 0 saturated heterocycles. The largest absolute Gasteiger partial charge is 0.436 e. The van der Waals surface area contributed by atoms with Gasteiger partial charge in [-0.2, -0.15) is 0 Å². The molecule has 0 bridgehead atoms. The number of hydrogen-bond acceptors (Lipinski definition) is 1. The molecule has 0 amide bonds. The van der Waals surface area contributed by atoms with Crippen molar-refractivity contribution < 1.29 is 4.12 Å². The van der Waals surface area contributed by atoms with Crippen LogP contribution < -0.4 is 25.9 Å². The van der Waals surface area contributed by atoms with Gasteiger partial charge in [0.1, 0.15) is 0 Å². The molecule has 0 heterocycles. The summed E-state index contributed by atoms with van der Waals surface area (Å²) >= 11 is 0. The van der Waals surface area contributed by atoms with Crippen molar-refractivity contribution in [3.8, 4) is 0 Å². The number of hydrogen-bond donors (Lipinski definition) is 0. The van der Waals surface area contributed by atoms with Crippen LogP contribution in [-0.4, -0.2) is 16.6 Å². The van der Waals surface area contributed by atoms with E-state index in [-0.39, 0.29) is 0 Å². The van der Waals surface area contributed by atoms with E-state index in [0.717, 1.165) is 0 Å². The van der Waals surface area contributed by atoms with E-state index in [1.54, 1.807) is 0 Å². The fraction of sp³-hybridized carbons (Fsp3) is 0. The molecule has 0 radical (unpaired) electrons. The van der Waals surface area contributed by atoms with Gasteiger partial charge in [0.25, 0.3) is 16.6 Å². The predicted molar refractivity (Wildman–Crippen MR) is 153 cm³/mol. The Morgan fingerprint density at radius 3 is 0.914 bits per heavy atom. The lowest BCUT2D eigenvalue weighted by Crippen LogP contribution is -2.77. The van der Waals surface area contributed by atoms with Gasteiger partial charge in [-0.3, -0.25) is 0 Å². The van der Waals surface area contributed by atoms with Gasteiger partial charge in [-0.1, -0.05) is 157 Å². The molecule has 5 aromatic rings. The Morgan fingerprint density at radius 2 is 0.657 bits per heavy atom. The smallest absolute Gasteiger partial charge is 0.278 e. The lowest BCUT2D eigenvalue weighted by atomic mass is 10.3. The van der Waals surface area contributed by atoms with Crippen LogP contribution in [0, 0.1) is 0 Å². The van der Waals surface area contributed by atoms with Crippen LogP contribution in [0.4, 0.5) is 0 Å². The van der Waals surface area contributed by atoms with Crippen LogP contribution in [-0.2, 0) is 4.12 Å². The van der Waals surface area contributed by atoms with E-state index >= 15 is 0 Å². The first-order chi connectivity index (χ1) is 17.3. The van der Waals surface area contributed by atoms with Crippen LogP contribution >= 0.6 is 0 Å². The quantitative estimate of drug-likeness (QED) is 0.237. The maximum atomic E-state index is 7.87. The van der Waals surface area contributed by atoms with E-state index in [9.17, 15) is 0 Å². The van der Waals surface area contributed by atoms with E-state index in [1.165, 1.54) is 25.9 Å².